The molecular formula is C18H12FN5OS. The molecule has 0 saturated carbocycles. The van der Waals surface area contributed by atoms with Crippen LogP contribution in [0.5, 0.6) is 0 Å². The number of nitrogens with zero attached hydrogens (tertiary/aromatic N) is 5. The summed E-state index contributed by atoms with van der Waals surface area (Å²) in [5.74, 6) is 0.296. The van der Waals surface area contributed by atoms with Crippen LogP contribution in [0.1, 0.15) is 16.3 Å². The third-order valence-corrected chi connectivity index (χ3v) is 5.12. The molecule has 0 unspecified atom stereocenters. The van der Waals surface area contributed by atoms with Gasteiger partial charge in [-0.2, -0.15) is 9.61 Å². The number of hydrogen-bond acceptors (Lipinski definition) is 6. The molecule has 5 rings (SSSR count). The van der Waals surface area contributed by atoms with Crippen LogP contribution in [0.2, 0.25) is 0 Å². The Bertz CT molecular complexity index is 1240. The van der Waals surface area contributed by atoms with Gasteiger partial charge in [-0.3, -0.25) is 0 Å². The minimum absolute atomic E-state index is 0.290. The minimum atomic E-state index is -0.290. The van der Waals surface area contributed by atoms with Crippen molar-refractivity contribution in [3.8, 4) is 11.4 Å². The summed E-state index contributed by atoms with van der Waals surface area (Å²) in [6.45, 7) is 2.00. The second kappa shape index (κ2) is 5.70. The molecule has 0 bridgehead atoms. The fourth-order valence-electron chi connectivity index (χ4n) is 2.93. The van der Waals surface area contributed by atoms with Gasteiger partial charge in [0.05, 0.1) is 5.69 Å². The SMILES string of the molecule is Cc1cccc2c(Cc3nn4c(-c5ccc(F)cc5)nnc4s3)noc12. The molecule has 5 aromatic rings. The van der Waals surface area contributed by atoms with Crippen LogP contribution in [-0.2, 0) is 6.42 Å². The summed E-state index contributed by atoms with van der Waals surface area (Å²) >= 11 is 1.45. The predicted octanol–water partition coefficient (Wildman–Crippen LogP) is 4.03. The van der Waals surface area contributed by atoms with Gasteiger partial charge < -0.3 is 4.52 Å². The average molecular weight is 365 g/mol. The predicted molar refractivity (Wildman–Crippen MR) is 95.6 cm³/mol. The van der Waals surface area contributed by atoms with Gasteiger partial charge in [0.25, 0.3) is 0 Å². The highest BCUT2D eigenvalue weighted by Crippen LogP contribution is 2.26. The van der Waals surface area contributed by atoms with E-state index in [-0.39, 0.29) is 5.82 Å². The van der Waals surface area contributed by atoms with Gasteiger partial charge >= 0.3 is 0 Å². The Morgan fingerprint density at radius 3 is 2.81 bits per heavy atom. The zero-order chi connectivity index (χ0) is 17.7. The van der Waals surface area contributed by atoms with Crippen molar-refractivity contribution in [3.63, 3.8) is 0 Å². The van der Waals surface area contributed by atoms with E-state index < -0.39 is 0 Å². The monoisotopic (exact) mass is 365 g/mol. The van der Waals surface area contributed by atoms with Gasteiger partial charge in [0.15, 0.2) is 11.4 Å². The molecule has 0 aliphatic rings. The molecule has 128 valence electrons. The van der Waals surface area contributed by atoms with E-state index in [9.17, 15) is 4.39 Å². The fourth-order valence-corrected chi connectivity index (χ4v) is 3.77. The van der Waals surface area contributed by atoms with E-state index in [0.717, 1.165) is 32.8 Å². The van der Waals surface area contributed by atoms with E-state index in [4.69, 9.17) is 4.52 Å². The molecule has 26 heavy (non-hydrogen) atoms. The Balaban J connectivity index is 1.54. The molecule has 6 nitrogen and oxygen atoms in total. The lowest BCUT2D eigenvalue weighted by Gasteiger charge is -1.96. The van der Waals surface area contributed by atoms with Crippen molar-refractivity contribution in [3.05, 3.63) is 64.5 Å². The maximum absolute atomic E-state index is 13.1. The van der Waals surface area contributed by atoms with E-state index in [0.29, 0.717) is 17.2 Å². The Kier molecular flexibility index (Phi) is 3.32. The number of aromatic nitrogens is 5. The van der Waals surface area contributed by atoms with Gasteiger partial charge in [0.2, 0.25) is 4.96 Å². The van der Waals surface area contributed by atoms with Gasteiger partial charge in [-0.25, -0.2) is 4.39 Å². The zero-order valence-corrected chi connectivity index (χ0v) is 14.5. The molecule has 0 N–H and O–H groups in total. The number of para-hydroxylation sites is 1. The first-order valence-electron chi connectivity index (χ1n) is 8.00. The Morgan fingerprint density at radius 2 is 1.96 bits per heavy atom. The zero-order valence-electron chi connectivity index (χ0n) is 13.7. The Hall–Kier alpha value is -3.13. The summed E-state index contributed by atoms with van der Waals surface area (Å²) in [4.78, 5) is 0.684. The molecule has 0 saturated heterocycles. The topological polar surface area (TPSA) is 69.1 Å². The highest BCUT2D eigenvalue weighted by atomic mass is 32.1. The Labute approximate surface area is 150 Å². The van der Waals surface area contributed by atoms with E-state index in [1.54, 1.807) is 16.6 Å². The fraction of sp³-hybridized carbons (Fsp3) is 0.111. The molecular weight excluding hydrogens is 353 g/mol. The van der Waals surface area contributed by atoms with Crippen LogP contribution < -0.4 is 0 Å². The molecule has 3 aromatic heterocycles. The standard InChI is InChI=1S/C18H12FN5OS/c1-10-3-2-4-13-14(23-25-16(10)13)9-15-22-24-17(20-21-18(24)26-15)11-5-7-12(19)8-6-11/h2-8H,9H2,1H3. The number of aryl methyl sites for hydroxylation is 1. The molecule has 0 fully saturated rings. The quantitative estimate of drug-likeness (QED) is 0.483. The summed E-state index contributed by atoms with van der Waals surface area (Å²) in [5, 5.41) is 19.0. The number of fused-ring (bicyclic) bond motifs is 2. The summed E-state index contributed by atoms with van der Waals surface area (Å²) < 4.78 is 20.3. The van der Waals surface area contributed by atoms with Crippen LogP contribution in [-0.4, -0.2) is 25.0 Å². The summed E-state index contributed by atoms with van der Waals surface area (Å²) in [5.41, 5.74) is 3.46. The highest BCUT2D eigenvalue weighted by Gasteiger charge is 2.16. The maximum Gasteiger partial charge on any atom is 0.234 e. The van der Waals surface area contributed by atoms with Crippen LogP contribution in [0, 0.1) is 12.7 Å². The van der Waals surface area contributed by atoms with Gasteiger partial charge in [-0.05, 0) is 42.8 Å². The van der Waals surface area contributed by atoms with Crippen LogP contribution in [0.3, 0.4) is 0 Å². The largest absolute Gasteiger partial charge is 0.356 e. The van der Waals surface area contributed by atoms with E-state index in [2.05, 4.69) is 20.5 Å². The van der Waals surface area contributed by atoms with Gasteiger partial charge in [0.1, 0.15) is 10.8 Å². The van der Waals surface area contributed by atoms with E-state index in [1.807, 2.05) is 25.1 Å². The molecule has 8 heteroatoms. The van der Waals surface area contributed by atoms with Gasteiger partial charge in [0, 0.05) is 17.4 Å². The number of halogens is 1. The van der Waals surface area contributed by atoms with Crippen molar-refractivity contribution in [1.82, 2.24) is 25.0 Å². The number of benzene rings is 2. The van der Waals surface area contributed by atoms with Crippen molar-refractivity contribution < 1.29 is 8.91 Å². The number of hydrogen-bond donors (Lipinski definition) is 0. The second-order valence-corrected chi connectivity index (χ2v) is 7.02. The average Bonchev–Trinajstić information content (AvgIpc) is 3.32. The van der Waals surface area contributed by atoms with E-state index >= 15 is 0 Å². The van der Waals surface area contributed by atoms with Crippen molar-refractivity contribution in [2.24, 2.45) is 0 Å². The lowest BCUT2D eigenvalue weighted by molar-refractivity contribution is 0.446. The van der Waals surface area contributed by atoms with Crippen molar-refractivity contribution in [2.75, 3.05) is 0 Å². The van der Waals surface area contributed by atoms with Crippen molar-refractivity contribution in [1.29, 1.82) is 0 Å². The van der Waals surface area contributed by atoms with Crippen molar-refractivity contribution in [2.45, 2.75) is 13.3 Å². The first kappa shape index (κ1) is 15.2. The third-order valence-electron chi connectivity index (χ3n) is 4.22. The molecule has 2 aromatic carbocycles. The summed E-state index contributed by atoms with van der Waals surface area (Å²) in [7, 11) is 0. The van der Waals surface area contributed by atoms with Crippen LogP contribution in [0.25, 0.3) is 27.3 Å². The number of rotatable bonds is 3. The molecule has 0 aliphatic carbocycles. The van der Waals surface area contributed by atoms with Crippen LogP contribution in [0.15, 0.2) is 47.0 Å². The molecule has 0 aliphatic heterocycles. The van der Waals surface area contributed by atoms with Crippen LogP contribution >= 0.6 is 11.3 Å². The summed E-state index contributed by atoms with van der Waals surface area (Å²) in [6.07, 6.45) is 0.549. The first-order valence-corrected chi connectivity index (χ1v) is 8.81. The van der Waals surface area contributed by atoms with E-state index in [1.165, 1.54) is 23.5 Å². The van der Waals surface area contributed by atoms with Crippen LogP contribution in [0.4, 0.5) is 4.39 Å². The molecule has 0 radical (unpaired) electrons. The molecule has 3 heterocycles. The Morgan fingerprint density at radius 1 is 1.12 bits per heavy atom. The smallest absolute Gasteiger partial charge is 0.234 e. The maximum atomic E-state index is 13.1. The lowest BCUT2D eigenvalue weighted by Crippen LogP contribution is -1.94. The molecule has 0 amide bonds. The van der Waals surface area contributed by atoms with Crippen molar-refractivity contribution >= 4 is 27.3 Å². The lowest BCUT2D eigenvalue weighted by atomic mass is 10.1. The first-order chi connectivity index (χ1) is 12.7. The minimum Gasteiger partial charge on any atom is -0.356 e. The van der Waals surface area contributed by atoms with Gasteiger partial charge in [-0.15, -0.1) is 10.2 Å². The third kappa shape index (κ3) is 2.38. The summed E-state index contributed by atoms with van der Waals surface area (Å²) in [6, 6.07) is 12.1. The molecule has 0 spiro atoms. The van der Waals surface area contributed by atoms with Gasteiger partial charge in [-0.1, -0.05) is 28.6 Å². The molecule has 0 atom stereocenters. The normalized spacial score (nSPS) is 11.6. The second-order valence-electron chi connectivity index (χ2n) is 5.98. The highest BCUT2D eigenvalue weighted by molar-refractivity contribution is 7.16.